The normalized spacial score (nSPS) is 10.9. The molecule has 0 radical (unpaired) electrons. The minimum absolute atomic E-state index is 0.624. The highest BCUT2D eigenvalue weighted by Gasteiger charge is 2.11. The van der Waals surface area contributed by atoms with Crippen molar-refractivity contribution in [3.05, 3.63) is 72.1 Å². The Morgan fingerprint density at radius 3 is 1.94 bits per heavy atom. The molecule has 0 aliphatic heterocycles. The number of fused-ring (bicyclic) bond motifs is 1. The van der Waals surface area contributed by atoms with Crippen LogP contribution in [0, 0.1) is 0 Å². The van der Waals surface area contributed by atoms with Crippen molar-refractivity contribution < 1.29 is 18.9 Å². The van der Waals surface area contributed by atoms with Crippen molar-refractivity contribution in [1.82, 2.24) is 9.97 Å². The molecule has 0 saturated heterocycles. The highest BCUT2D eigenvalue weighted by atomic mass is 16.5. The third-order valence-electron chi connectivity index (χ3n) is 5.19. The van der Waals surface area contributed by atoms with E-state index in [1.54, 1.807) is 28.4 Å². The zero-order valence-corrected chi connectivity index (χ0v) is 19.0. The van der Waals surface area contributed by atoms with E-state index < -0.39 is 0 Å². The highest BCUT2D eigenvalue weighted by molar-refractivity contribution is 5.93. The molecule has 4 aromatic rings. The molecule has 7 heteroatoms. The summed E-state index contributed by atoms with van der Waals surface area (Å²) in [4.78, 5) is 8.75. The molecule has 0 spiro atoms. The van der Waals surface area contributed by atoms with Crippen LogP contribution in [0.25, 0.3) is 23.1 Å². The molecule has 3 aromatic carbocycles. The Labute approximate surface area is 192 Å². The molecule has 33 heavy (non-hydrogen) atoms. The van der Waals surface area contributed by atoms with E-state index in [1.807, 2.05) is 66.7 Å². The van der Waals surface area contributed by atoms with Crippen molar-refractivity contribution in [2.75, 3.05) is 33.8 Å². The van der Waals surface area contributed by atoms with Crippen molar-refractivity contribution in [1.29, 1.82) is 0 Å². The lowest BCUT2D eigenvalue weighted by Gasteiger charge is -2.12. The first kappa shape index (κ1) is 22.0. The third kappa shape index (κ3) is 4.82. The Hall–Kier alpha value is -4.26. The van der Waals surface area contributed by atoms with Gasteiger partial charge in [0, 0.05) is 17.1 Å². The molecule has 0 bridgehead atoms. The zero-order valence-electron chi connectivity index (χ0n) is 19.0. The molecule has 0 fully saturated rings. The van der Waals surface area contributed by atoms with Gasteiger partial charge in [-0.05, 0) is 41.5 Å². The van der Waals surface area contributed by atoms with E-state index >= 15 is 0 Å². The smallest absolute Gasteiger partial charge is 0.162 e. The van der Waals surface area contributed by atoms with Crippen molar-refractivity contribution in [2.24, 2.45) is 0 Å². The Balaban J connectivity index is 1.53. The topological polar surface area (TPSA) is 74.7 Å². The Bertz CT molecular complexity index is 1290. The van der Waals surface area contributed by atoms with Crippen LogP contribution < -0.4 is 24.3 Å². The van der Waals surface area contributed by atoms with Crippen molar-refractivity contribution in [3.63, 3.8) is 0 Å². The summed E-state index contributed by atoms with van der Waals surface area (Å²) in [5.41, 5.74) is 3.76. The predicted molar refractivity (Wildman–Crippen MR) is 131 cm³/mol. The molecular weight excluding hydrogens is 418 g/mol. The second kappa shape index (κ2) is 9.91. The van der Waals surface area contributed by atoms with E-state index in [4.69, 9.17) is 18.9 Å². The van der Waals surface area contributed by atoms with Crippen LogP contribution in [-0.4, -0.2) is 38.4 Å². The molecule has 0 saturated carbocycles. The molecule has 4 rings (SSSR count). The molecular formula is C26H25N3O4. The maximum atomic E-state index is 5.43. The van der Waals surface area contributed by atoms with Crippen LogP contribution in [0.2, 0.25) is 0 Å². The van der Waals surface area contributed by atoms with Crippen LogP contribution in [0.15, 0.2) is 60.9 Å². The van der Waals surface area contributed by atoms with Gasteiger partial charge in [-0.1, -0.05) is 30.4 Å². The Morgan fingerprint density at radius 2 is 1.24 bits per heavy atom. The lowest BCUT2D eigenvalue weighted by Crippen LogP contribution is -1.98. The largest absolute Gasteiger partial charge is 0.493 e. The van der Waals surface area contributed by atoms with Crippen LogP contribution in [0.1, 0.15) is 11.1 Å². The molecule has 7 nitrogen and oxygen atoms in total. The van der Waals surface area contributed by atoms with Gasteiger partial charge in [-0.3, -0.25) is 0 Å². The number of methoxy groups -OCH3 is 4. The van der Waals surface area contributed by atoms with Crippen LogP contribution >= 0.6 is 0 Å². The number of hydrogen-bond acceptors (Lipinski definition) is 7. The fourth-order valence-corrected chi connectivity index (χ4v) is 3.45. The van der Waals surface area contributed by atoms with Gasteiger partial charge in [-0.25, -0.2) is 9.97 Å². The molecule has 1 N–H and O–H groups in total. The molecule has 0 aliphatic carbocycles. The number of benzene rings is 3. The summed E-state index contributed by atoms with van der Waals surface area (Å²) in [5, 5.41) is 4.20. The van der Waals surface area contributed by atoms with Crippen LogP contribution in [0.3, 0.4) is 0 Å². The van der Waals surface area contributed by atoms with E-state index in [0.29, 0.717) is 28.8 Å². The average molecular weight is 444 g/mol. The highest BCUT2D eigenvalue weighted by Crippen LogP contribution is 2.34. The number of nitrogens with one attached hydrogen (secondary N) is 1. The Kier molecular flexibility index (Phi) is 6.59. The number of aromatic nitrogens is 2. The first-order chi connectivity index (χ1) is 16.1. The van der Waals surface area contributed by atoms with Gasteiger partial charge in [-0.2, -0.15) is 0 Å². The van der Waals surface area contributed by atoms with Gasteiger partial charge >= 0.3 is 0 Å². The molecule has 0 atom stereocenters. The van der Waals surface area contributed by atoms with Crippen molar-refractivity contribution >= 4 is 34.6 Å². The first-order valence-corrected chi connectivity index (χ1v) is 10.3. The van der Waals surface area contributed by atoms with Crippen LogP contribution in [0.5, 0.6) is 23.0 Å². The molecule has 1 heterocycles. The summed E-state index contributed by atoms with van der Waals surface area (Å²) >= 11 is 0. The van der Waals surface area contributed by atoms with E-state index in [2.05, 4.69) is 15.3 Å². The predicted octanol–water partition coefficient (Wildman–Crippen LogP) is 5.58. The number of hydrogen-bond donors (Lipinski definition) is 1. The second-order valence-electron chi connectivity index (χ2n) is 7.14. The van der Waals surface area contributed by atoms with Gasteiger partial charge in [-0.15, -0.1) is 0 Å². The summed E-state index contributed by atoms with van der Waals surface area (Å²) in [6.45, 7) is 0. The third-order valence-corrected chi connectivity index (χ3v) is 5.19. The minimum atomic E-state index is 0.624. The summed E-state index contributed by atoms with van der Waals surface area (Å²) in [5.74, 6) is 3.34. The van der Waals surface area contributed by atoms with Crippen LogP contribution in [0.4, 0.5) is 11.5 Å². The minimum Gasteiger partial charge on any atom is -0.493 e. The average Bonchev–Trinajstić information content (AvgIpc) is 2.87. The fourth-order valence-electron chi connectivity index (χ4n) is 3.45. The summed E-state index contributed by atoms with van der Waals surface area (Å²) in [7, 11) is 6.46. The standard InChI is InChI=1S/C26H25N3O4/c1-30-22-12-9-18(13-23(22)31-2)6-5-17-7-10-19(11-8-17)29-26-20-14-24(32-3)25(33-4)15-21(20)27-16-28-26/h5-16H,1-4H3,(H,27,28,29)/b6-5+. The molecule has 0 unspecified atom stereocenters. The summed E-state index contributed by atoms with van der Waals surface area (Å²) in [6, 6.07) is 17.6. The monoisotopic (exact) mass is 443 g/mol. The van der Waals surface area contributed by atoms with Gasteiger partial charge in [0.15, 0.2) is 23.0 Å². The van der Waals surface area contributed by atoms with Crippen LogP contribution in [-0.2, 0) is 0 Å². The lowest BCUT2D eigenvalue weighted by atomic mass is 10.1. The molecule has 0 aliphatic rings. The molecule has 1 aromatic heterocycles. The Morgan fingerprint density at radius 1 is 0.636 bits per heavy atom. The maximum absolute atomic E-state index is 5.43. The van der Waals surface area contributed by atoms with Crippen molar-refractivity contribution in [3.8, 4) is 23.0 Å². The fraction of sp³-hybridized carbons (Fsp3) is 0.154. The van der Waals surface area contributed by atoms with E-state index in [9.17, 15) is 0 Å². The van der Waals surface area contributed by atoms with Crippen molar-refractivity contribution in [2.45, 2.75) is 0 Å². The molecule has 168 valence electrons. The lowest BCUT2D eigenvalue weighted by molar-refractivity contribution is 0.355. The molecule has 0 amide bonds. The van der Waals surface area contributed by atoms with E-state index in [-0.39, 0.29) is 0 Å². The van der Waals surface area contributed by atoms with Gasteiger partial charge in [0.25, 0.3) is 0 Å². The van der Waals surface area contributed by atoms with E-state index in [1.165, 1.54) is 6.33 Å². The van der Waals surface area contributed by atoms with Gasteiger partial charge < -0.3 is 24.3 Å². The van der Waals surface area contributed by atoms with Gasteiger partial charge in [0.05, 0.1) is 34.0 Å². The number of anilines is 2. The SMILES string of the molecule is COc1ccc(/C=C/c2ccc(Nc3ncnc4cc(OC)c(OC)cc34)cc2)cc1OC. The van der Waals surface area contributed by atoms with Gasteiger partial charge in [0.1, 0.15) is 12.1 Å². The zero-order chi connectivity index (χ0) is 23.2. The number of nitrogens with zero attached hydrogens (tertiary/aromatic N) is 2. The number of ether oxygens (including phenoxy) is 4. The second-order valence-corrected chi connectivity index (χ2v) is 7.14. The number of rotatable bonds is 8. The van der Waals surface area contributed by atoms with Gasteiger partial charge in [0.2, 0.25) is 0 Å². The summed E-state index contributed by atoms with van der Waals surface area (Å²) in [6.07, 6.45) is 5.60. The maximum Gasteiger partial charge on any atom is 0.162 e. The summed E-state index contributed by atoms with van der Waals surface area (Å²) < 4.78 is 21.5. The van der Waals surface area contributed by atoms with E-state index in [0.717, 1.165) is 27.7 Å². The first-order valence-electron chi connectivity index (χ1n) is 10.3. The quantitative estimate of drug-likeness (QED) is 0.356.